The molecule has 2 aromatic carbocycles. The molecular weight excluding hydrogens is 358 g/mol. The Labute approximate surface area is 154 Å². The van der Waals surface area contributed by atoms with E-state index < -0.39 is 16.8 Å². The summed E-state index contributed by atoms with van der Waals surface area (Å²) >= 11 is 5.08. The molecule has 2 aromatic rings. The second-order valence-electron chi connectivity index (χ2n) is 5.18. The van der Waals surface area contributed by atoms with Crippen LogP contribution in [-0.2, 0) is 4.74 Å². The fraction of sp³-hybridized carbons (Fsp3) is 0.118. The van der Waals surface area contributed by atoms with Gasteiger partial charge in [0.05, 0.1) is 17.6 Å². The lowest BCUT2D eigenvalue weighted by Crippen LogP contribution is -2.34. The number of thiocarbonyl (C=S) groups is 1. The number of nitrogens with zero attached hydrogens (tertiary/aromatic N) is 1. The molecule has 26 heavy (non-hydrogen) atoms. The molecule has 134 valence electrons. The Morgan fingerprint density at radius 2 is 1.81 bits per heavy atom. The van der Waals surface area contributed by atoms with Gasteiger partial charge in [-0.3, -0.25) is 20.2 Å². The molecular formula is C17H15N3O5S. The maximum Gasteiger partial charge on any atom is 0.337 e. The van der Waals surface area contributed by atoms with Crippen LogP contribution in [-0.4, -0.2) is 29.0 Å². The summed E-state index contributed by atoms with van der Waals surface area (Å²) in [7, 11) is 1.29. The lowest BCUT2D eigenvalue weighted by atomic mass is 10.1. The van der Waals surface area contributed by atoms with Crippen molar-refractivity contribution in [3.8, 4) is 0 Å². The van der Waals surface area contributed by atoms with Gasteiger partial charge in [0.1, 0.15) is 0 Å². The molecule has 0 saturated carbocycles. The number of carbonyl (C=O) groups is 2. The number of carbonyl (C=O) groups excluding carboxylic acids is 2. The molecule has 0 heterocycles. The lowest BCUT2D eigenvalue weighted by molar-refractivity contribution is -0.385. The summed E-state index contributed by atoms with van der Waals surface area (Å²) in [6.07, 6.45) is 0. The molecule has 0 aliphatic rings. The number of esters is 1. The van der Waals surface area contributed by atoms with E-state index in [1.807, 2.05) is 0 Å². The standard InChI is InChI=1S/C17H15N3O5S/c1-10-13(4-3-5-14(10)20(23)24)15(21)19-17(26)18-12-8-6-11(7-9-12)16(22)25-2/h3-9H,1-2H3,(H2,18,19,21,26). The van der Waals surface area contributed by atoms with Crippen molar-refractivity contribution in [3.63, 3.8) is 0 Å². The van der Waals surface area contributed by atoms with Crippen LogP contribution in [0.5, 0.6) is 0 Å². The molecule has 1 amide bonds. The van der Waals surface area contributed by atoms with E-state index in [2.05, 4.69) is 15.4 Å². The summed E-state index contributed by atoms with van der Waals surface area (Å²) < 4.78 is 4.61. The van der Waals surface area contributed by atoms with Crippen LogP contribution in [0.4, 0.5) is 11.4 Å². The molecule has 8 nitrogen and oxygen atoms in total. The van der Waals surface area contributed by atoms with Crippen molar-refractivity contribution in [2.75, 3.05) is 12.4 Å². The second kappa shape index (κ2) is 8.17. The van der Waals surface area contributed by atoms with Gasteiger partial charge in [0, 0.05) is 22.9 Å². The first-order chi connectivity index (χ1) is 12.3. The zero-order chi connectivity index (χ0) is 19.3. The zero-order valence-corrected chi connectivity index (χ0v) is 14.8. The van der Waals surface area contributed by atoms with Crippen LogP contribution in [0.2, 0.25) is 0 Å². The molecule has 0 fully saturated rings. The highest BCUT2D eigenvalue weighted by atomic mass is 32.1. The van der Waals surface area contributed by atoms with Crippen molar-refractivity contribution >= 4 is 40.6 Å². The Kier molecular flexibility index (Phi) is 5.97. The van der Waals surface area contributed by atoms with E-state index >= 15 is 0 Å². The van der Waals surface area contributed by atoms with Gasteiger partial charge in [0.15, 0.2) is 5.11 Å². The summed E-state index contributed by atoms with van der Waals surface area (Å²) in [5.74, 6) is -1.02. The number of hydrogen-bond donors (Lipinski definition) is 2. The first-order valence-corrected chi connectivity index (χ1v) is 7.79. The SMILES string of the molecule is COC(=O)c1ccc(NC(=S)NC(=O)c2cccc([N+](=O)[O-])c2C)cc1. The van der Waals surface area contributed by atoms with Gasteiger partial charge in [-0.2, -0.15) is 0 Å². The van der Waals surface area contributed by atoms with Crippen LogP contribution >= 0.6 is 12.2 Å². The monoisotopic (exact) mass is 373 g/mol. The largest absolute Gasteiger partial charge is 0.465 e. The van der Waals surface area contributed by atoms with E-state index in [0.717, 1.165) is 0 Å². The van der Waals surface area contributed by atoms with Gasteiger partial charge in [-0.05, 0) is 49.5 Å². The molecule has 0 unspecified atom stereocenters. The summed E-state index contributed by atoms with van der Waals surface area (Å²) in [5, 5.41) is 16.2. The fourth-order valence-electron chi connectivity index (χ4n) is 2.21. The van der Waals surface area contributed by atoms with Crippen molar-refractivity contribution in [1.29, 1.82) is 0 Å². The lowest BCUT2D eigenvalue weighted by Gasteiger charge is -2.11. The Hall–Kier alpha value is -3.33. The first kappa shape index (κ1) is 19.0. The van der Waals surface area contributed by atoms with Gasteiger partial charge in [-0.1, -0.05) is 6.07 Å². The Morgan fingerprint density at radius 1 is 1.15 bits per heavy atom. The molecule has 2 rings (SSSR count). The summed E-state index contributed by atoms with van der Waals surface area (Å²) in [4.78, 5) is 34.1. The molecule has 2 N–H and O–H groups in total. The molecule has 0 aromatic heterocycles. The van der Waals surface area contributed by atoms with Crippen molar-refractivity contribution in [2.24, 2.45) is 0 Å². The molecule has 9 heteroatoms. The number of nitro benzene ring substituents is 1. The zero-order valence-electron chi connectivity index (χ0n) is 13.9. The number of hydrogen-bond acceptors (Lipinski definition) is 6. The number of ether oxygens (including phenoxy) is 1. The van der Waals surface area contributed by atoms with Crippen LogP contribution < -0.4 is 10.6 Å². The van der Waals surface area contributed by atoms with Gasteiger partial charge >= 0.3 is 5.97 Å². The number of nitrogens with one attached hydrogen (secondary N) is 2. The highest BCUT2D eigenvalue weighted by Gasteiger charge is 2.18. The molecule has 0 saturated heterocycles. The van der Waals surface area contributed by atoms with Crippen LogP contribution in [0.3, 0.4) is 0 Å². The van der Waals surface area contributed by atoms with Gasteiger partial charge in [0.2, 0.25) is 0 Å². The van der Waals surface area contributed by atoms with Gasteiger partial charge in [0.25, 0.3) is 11.6 Å². The fourth-order valence-corrected chi connectivity index (χ4v) is 2.42. The highest BCUT2D eigenvalue weighted by molar-refractivity contribution is 7.80. The molecule has 0 aliphatic carbocycles. The quantitative estimate of drug-likeness (QED) is 0.367. The van der Waals surface area contributed by atoms with Crippen LogP contribution in [0.1, 0.15) is 26.3 Å². The maximum atomic E-state index is 12.3. The smallest absolute Gasteiger partial charge is 0.337 e. The van der Waals surface area contributed by atoms with Gasteiger partial charge in [-0.25, -0.2) is 4.79 Å². The molecule has 0 bridgehead atoms. The van der Waals surface area contributed by atoms with E-state index in [-0.39, 0.29) is 21.9 Å². The van der Waals surface area contributed by atoms with Crippen LogP contribution in [0.15, 0.2) is 42.5 Å². The Balaban J connectivity index is 2.06. The summed E-state index contributed by atoms with van der Waals surface area (Å²) in [6.45, 7) is 1.50. The van der Waals surface area contributed by atoms with E-state index in [1.54, 1.807) is 24.3 Å². The average Bonchev–Trinajstić information content (AvgIpc) is 2.61. The molecule has 0 radical (unpaired) electrons. The van der Waals surface area contributed by atoms with Crippen molar-refractivity contribution in [2.45, 2.75) is 6.92 Å². The topological polar surface area (TPSA) is 111 Å². The minimum atomic E-state index is -0.560. The number of benzene rings is 2. The Bertz CT molecular complexity index is 880. The third-order valence-electron chi connectivity index (χ3n) is 3.54. The number of rotatable bonds is 4. The highest BCUT2D eigenvalue weighted by Crippen LogP contribution is 2.21. The minimum absolute atomic E-state index is 0.0201. The van der Waals surface area contributed by atoms with E-state index in [9.17, 15) is 19.7 Å². The predicted octanol–water partition coefficient (Wildman–Crippen LogP) is 2.82. The predicted molar refractivity (Wildman–Crippen MR) is 99.3 cm³/mol. The van der Waals surface area contributed by atoms with Gasteiger partial charge in [-0.15, -0.1) is 0 Å². The van der Waals surface area contributed by atoms with Crippen molar-refractivity contribution in [3.05, 3.63) is 69.3 Å². The third-order valence-corrected chi connectivity index (χ3v) is 3.74. The Morgan fingerprint density at radius 3 is 2.38 bits per heavy atom. The summed E-state index contributed by atoms with van der Waals surface area (Å²) in [5.41, 5.74) is 1.19. The third kappa shape index (κ3) is 4.39. The molecule has 0 spiro atoms. The second-order valence-corrected chi connectivity index (χ2v) is 5.59. The van der Waals surface area contributed by atoms with Gasteiger partial charge < -0.3 is 10.1 Å². The number of methoxy groups -OCH3 is 1. The average molecular weight is 373 g/mol. The van der Waals surface area contributed by atoms with E-state index in [0.29, 0.717) is 11.3 Å². The van der Waals surface area contributed by atoms with Crippen LogP contribution in [0, 0.1) is 17.0 Å². The maximum absolute atomic E-state index is 12.3. The molecule has 0 atom stereocenters. The normalized spacial score (nSPS) is 9.92. The van der Waals surface area contributed by atoms with E-state index in [4.69, 9.17) is 12.2 Å². The van der Waals surface area contributed by atoms with Crippen LogP contribution in [0.25, 0.3) is 0 Å². The van der Waals surface area contributed by atoms with Crippen molar-refractivity contribution in [1.82, 2.24) is 5.32 Å². The first-order valence-electron chi connectivity index (χ1n) is 7.38. The van der Waals surface area contributed by atoms with E-state index in [1.165, 1.54) is 32.2 Å². The summed E-state index contributed by atoms with van der Waals surface area (Å²) in [6, 6.07) is 10.5. The molecule has 0 aliphatic heterocycles. The minimum Gasteiger partial charge on any atom is -0.465 e. The number of anilines is 1. The van der Waals surface area contributed by atoms with Crippen molar-refractivity contribution < 1.29 is 19.2 Å². The number of nitro groups is 1. The number of amides is 1.